The summed E-state index contributed by atoms with van der Waals surface area (Å²) in [6, 6.07) is 29.9. The van der Waals surface area contributed by atoms with E-state index in [0.29, 0.717) is 20.1 Å². The van der Waals surface area contributed by atoms with E-state index in [9.17, 15) is 0 Å². The van der Waals surface area contributed by atoms with Gasteiger partial charge in [-0.15, -0.1) is 0 Å². The van der Waals surface area contributed by atoms with Gasteiger partial charge in [-0.3, -0.25) is 0 Å². The van der Waals surface area contributed by atoms with Crippen LogP contribution in [0.15, 0.2) is 97.1 Å². The van der Waals surface area contributed by atoms with Crippen molar-refractivity contribution < 1.29 is 1.41 Å². The Kier molecular flexibility index (Phi) is 8.80. The van der Waals surface area contributed by atoms with E-state index in [1.807, 2.05) is 97.1 Å². The summed E-state index contributed by atoms with van der Waals surface area (Å²) < 4.78 is 10.7. The normalized spacial score (nSPS) is 12.1. The zero-order chi connectivity index (χ0) is 23.6. The van der Waals surface area contributed by atoms with E-state index in [4.69, 9.17) is 65.7 Å². The molecule has 4 aromatic carbocycles. The fourth-order valence-electron chi connectivity index (χ4n) is 3.42. The van der Waals surface area contributed by atoms with Crippen molar-refractivity contribution in [2.24, 2.45) is 0 Å². The summed E-state index contributed by atoms with van der Waals surface area (Å²) >= 11 is 16.0. The summed E-state index contributed by atoms with van der Waals surface area (Å²) in [5.41, 5.74) is 0. The Morgan fingerprint density at radius 3 is 0.727 bits per heavy atom. The van der Waals surface area contributed by atoms with Gasteiger partial charge < -0.3 is 0 Å². The Morgan fingerprint density at radius 2 is 0.545 bits per heavy atom. The van der Waals surface area contributed by atoms with Gasteiger partial charge in [-0.2, -0.15) is 0 Å². The molecule has 4 aromatic rings. The summed E-state index contributed by atoms with van der Waals surface area (Å²) in [5.74, 6) is 0. The summed E-state index contributed by atoms with van der Waals surface area (Å²) in [6.07, 6.45) is 0. The van der Waals surface area contributed by atoms with Gasteiger partial charge in [0.1, 0.15) is 0 Å². The third-order valence-corrected chi connectivity index (χ3v) is 43.6. The van der Waals surface area contributed by atoms with Crippen LogP contribution in [-0.4, -0.2) is 35.3 Å². The molecule has 0 saturated carbocycles. The Morgan fingerprint density at radius 1 is 0.364 bits per heavy atom. The Labute approximate surface area is 229 Å². The Bertz CT molecular complexity index is 1040. The quantitative estimate of drug-likeness (QED) is 0.201. The van der Waals surface area contributed by atoms with Crippen LogP contribution in [0.3, 0.4) is 0 Å². The van der Waals surface area contributed by atoms with Crippen molar-refractivity contribution in [3.63, 3.8) is 0 Å². The van der Waals surface area contributed by atoms with Crippen LogP contribution in [0.2, 0.25) is 20.1 Å². The fraction of sp³-hybridized carbons (Fsp3) is 0. The second-order valence-corrected chi connectivity index (χ2v) is 34.1. The van der Waals surface area contributed by atoms with Gasteiger partial charge in [0.05, 0.1) is 0 Å². The monoisotopic (exact) mass is 770 g/mol. The third-order valence-electron chi connectivity index (χ3n) is 5.14. The fourth-order valence-corrected chi connectivity index (χ4v) is 47.1. The predicted molar refractivity (Wildman–Crippen MR) is 149 cm³/mol. The molecular formula is C24H16Cl6OSn2. The van der Waals surface area contributed by atoms with Gasteiger partial charge in [-0.25, -0.2) is 0 Å². The maximum atomic E-state index is 7.56. The summed E-state index contributed by atoms with van der Waals surface area (Å²) in [6.45, 7) is 0. The second kappa shape index (κ2) is 11.1. The minimum absolute atomic E-state index is 0.621. The van der Waals surface area contributed by atoms with Crippen molar-refractivity contribution in [2.45, 2.75) is 0 Å². The van der Waals surface area contributed by atoms with E-state index >= 15 is 0 Å². The molecule has 0 heterocycles. The van der Waals surface area contributed by atoms with Crippen molar-refractivity contribution in [1.29, 1.82) is 0 Å². The molecule has 0 aliphatic rings. The van der Waals surface area contributed by atoms with Gasteiger partial charge in [-0.1, -0.05) is 0 Å². The molecule has 1 nitrogen and oxygen atoms in total. The van der Waals surface area contributed by atoms with E-state index in [1.165, 1.54) is 0 Å². The average Bonchev–Trinajstić information content (AvgIpc) is 2.80. The molecule has 0 atom stereocenters. The number of hydrogen-bond acceptors (Lipinski definition) is 1. The number of halogens is 6. The van der Waals surface area contributed by atoms with Crippen molar-refractivity contribution in [1.82, 2.24) is 0 Å². The van der Waals surface area contributed by atoms with Gasteiger partial charge in [0, 0.05) is 0 Å². The van der Waals surface area contributed by atoms with Crippen LogP contribution < -0.4 is 14.3 Å². The Balaban J connectivity index is 1.92. The maximum absolute atomic E-state index is 7.56. The number of benzene rings is 4. The van der Waals surface area contributed by atoms with Gasteiger partial charge in [0.2, 0.25) is 0 Å². The molecule has 0 saturated heterocycles. The summed E-state index contributed by atoms with van der Waals surface area (Å²) in [5, 5.41) is 2.49. The first-order valence-electron chi connectivity index (χ1n) is 9.83. The van der Waals surface area contributed by atoms with E-state index in [-0.39, 0.29) is 0 Å². The topological polar surface area (TPSA) is 9.23 Å². The van der Waals surface area contributed by atoms with Crippen LogP contribution in [-0.2, 0) is 1.41 Å². The van der Waals surface area contributed by atoms with Crippen LogP contribution in [0, 0.1) is 0 Å². The standard InChI is InChI=1S/4C6H4Cl.2ClH.O.2Sn/c4*7-6-4-2-1-3-5-6;;;;;/h4*2-5H;2*1H;;;/q;;;;;;;2*+1/p-2. The first-order chi connectivity index (χ1) is 15.7. The van der Waals surface area contributed by atoms with Crippen molar-refractivity contribution in [2.75, 3.05) is 0 Å². The van der Waals surface area contributed by atoms with Crippen LogP contribution in [0.1, 0.15) is 0 Å². The van der Waals surface area contributed by atoms with E-state index in [0.717, 1.165) is 14.3 Å². The Hall–Kier alpha value is 0.177. The third kappa shape index (κ3) is 5.95. The molecule has 0 spiro atoms. The van der Waals surface area contributed by atoms with E-state index in [1.54, 1.807) is 0 Å². The van der Waals surface area contributed by atoms with Crippen LogP contribution >= 0.6 is 64.2 Å². The molecule has 33 heavy (non-hydrogen) atoms. The molecule has 0 aliphatic heterocycles. The zero-order valence-corrected chi connectivity index (χ0v) is 27.2. The van der Waals surface area contributed by atoms with Gasteiger partial charge in [-0.05, 0) is 0 Å². The molecule has 0 radical (unpaired) electrons. The predicted octanol–water partition coefficient (Wildman–Crippen LogP) is 6.61. The molecule has 168 valence electrons. The van der Waals surface area contributed by atoms with E-state index < -0.39 is 35.3 Å². The van der Waals surface area contributed by atoms with Crippen molar-refractivity contribution in [3.05, 3.63) is 117 Å². The SMILES string of the molecule is Clc1cc[c]([Sn]([Cl])([O][Sn]([Cl])([c]2ccc(Cl)cc2)[c]2ccc(Cl)cc2)[c]2ccc(Cl)cc2)cc1. The van der Waals surface area contributed by atoms with Crippen LogP contribution in [0.4, 0.5) is 0 Å². The van der Waals surface area contributed by atoms with Crippen molar-refractivity contribution in [3.8, 4) is 0 Å². The number of rotatable bonds is 6. The molecule has 0 bridgehead atoms. The molecule has 0 aliphatic carbocycles. The van der Waals surface area contributed by atoms with Gasteiger partial charge in [0.25, 0.3) is 0 Å². The van der Waals surface area contributed by atoms with Gasteiger partial charge in [0.15, 0.2) is 0 Å². The molecule has 9 heteroatoms. The van der Waals surface area contributed by atoms with Crippen LogP contribution in [0.25, 0.3) is 0 Å². The molecular weight excluding hydrogens is 754 g/mol. The zero-order valence-electron chi connectivity index (χ0n) is 16.9. The first kappa shape index (κ1) is 26.2. The second-order valence-electron chi connectivity index (χ2n) is 7.32. The van der Waals surface area contributed by atoms with E-state index in [2.05, 4.69) is 0 Å². The first-order valence-corrected chi connectivity index (χ1v) is 26.6. The summed E-state index contributed by atoms with van der Waals surface area (Å²) in [4.78, 5) is 0. The molecule has 0 unspecified atom stereocenters. The summed E-state index contributed by atoms with van der Waals surface area (Å²) in [7, 11) is 15.1. The van der Waals surface area contributed by atoms with Crippen LogP contribution in [0.5, 0.6) is 0 Å². The average molecular weight is 771 g/mol. The molecule has 0 amide bonds. The molecule has 0 fully saturated rings. The minimum atomic E-state index is -4.31. The molecule has 0 N–H and O–H groups in total. The number of hydrogen-bond donors (Lipinski definition) is 0. The van der Waals surface area contributed by atoms with Gasteiger partial charge >= 0.3 is 232 Å². The van der Waals surface area contributed by atoms with Crippen molar-refractivity contribution >= 4 is 114 Å². The molecule has 0 aromatic heterocycles. The molecule has 4 rings (SSSR count).